The molecule has 0 unspecified atom stereocenters. The van der Waals surface area contributed by atoms with E-state index < -0.39 is 39.1 Å². The van der Waals surface area contributed by atoms with Crippen molar-refractivity contribution in [2.45, 2.75) is 24.9 Å². The lowest BCUT2D eigenvalue weighted by Crippen LogP contribution is -2.41. The zero-order chi connectivity index (χ0) is 16.4. The van der Waals surface area contributed by atoms with Crippen molar-refractivity contribution in [1.29, 1.82) is 0 Å². The molecule has 0 radical (unpaired) electrons. The molecule has 2 N–H and O–H groups in total. The number of rotatable bonds is 5. The fourth-order valence-corrected chi connectivity index (χ4v) is 3.45. The van der Waals surface area contributed by atoms with Crippen LogP contribution in [0.4, 0.5) is 23.2 Å². The van der Waals surface area contributed by atoms with E-state index in [-0.39, 0.29) is 16.8 Å². The van der Waals surface area contributed by atoms with Gasteiger partial charge in [-0.05, 0) is 18.1 Å². The Kier molecular flexibility index (Phi) is 5.21. The van der Waals surface area contributed by atoms with Gasteiger partial charge >= 0.3 is 6.18 Å². The smallest absolute Gasteiger partial charge is 0.395 e. The van der Waals surface area contributed by atoms with Crippen molar-refractivity contribution in [2.75, 3.05) is 18.8 Å². The van der Waals surface area contributed by atoms with E-state index in [1.807, 2.05) is 0 Å². The number of hydrogen-bond acceptors (Lipinski definition) is 3. The van der Waals surface area contributed by atoms with Gasteiger partial charge in [0.1, 0.15) is 17.3 Å². The topological polar surface area (TPSA) is 63.4 Å². The first-order chi connectivity index (χ1) is 9.45. The molecule has 0 fully saturated rings. The number of nitrogen functional groups attached to an aromatic ring is 1. The highest BCUT2D eigenvalue weighted by Gasteiger charge is 2.38. The number of alkyl halides is 3. The van der Waals surface area contributed by atoms with Gasteiger partial charge in [0, 0.05) is 6.54 Å². The highest BCUT2D eigenvalue weighted by molar-refractivity contribution is 7.89. The number of nitrogens with two attached hydrogens (primary N) is 1. The quantitative estimate of drug-likeness (QED) is 0.667. The van der Waals surface area contributed by atoms with Gasteiger partial charge in [0.05, 0.1) is 5.69 Å². The normalized spacial score (nSPS) is 13.1. The molecule has 21 heavy (non-hydrogen) atoms. The molecule has 0 saturated carbocycles. The summed E-state index contributed by atoms with van der Waals surface area (Å²) in [5, 5.41) is 0. The van der Waals surface area contributed by atoms with Gasteiger partial charge in [-0.15, -0.1) is 0 Å². The highest BCUT2D eigenvalue weighted by atomic mass is 32.2. The van der Waals surface area contributed by atoms with Crippen LogP contribution < -0.4 is 5.73 Å². The number of sulfonamides is 1. The molecule has 0 saturated heterocycles. The van der Waals surface area contributed by atoms with Gasteiger partial charge in [-0.3, -0.25) is 0 Å². The van der Waals surface area contributed by atoms with Crippen molar-refractivity contribution < 1.29 is 26.0 Å². The molecule has 4 nitrogen and oxygen atoms in total. The molecule has 1 rings (SSSR count). The SMILES string of the molecule is CC(C)CN(CC(F)(F)F)S(=O)(=O)c1cccc(F)c1N. The van der Waals surface area contributed by atoms with Gasteiger partial charge in [-0.2, -0.15) is 17.5 Å². The molecular weight excluding hydrogens is 312 g/mol. The Labute approximate surface area is 120 Å². The summed E-state index contributed by atoms with van der Waals surface area (Å²) in [6, 6.07) is 3.00. The van der Waals surface area contributed by atoms with E-state index >= 15 is 0 Å². The number of benzene rings is 1. The Morgan fingerprint density at radius 2 is 1.86 bits per heavy atom. The average molecular weight is 328 g/mol. The molecule has 1 aromatic rings. The van der Waals surface area contributed by atoms with Crippen LogP contribution in [-0.2, 0) is 10.0 Å². The van der Waals surface area contributed by atoms with E-state index in [0.29, 0.717) is 0 Å². The summed E-state index contributed by atoms with van der Waals surface area (Å²) in [7, 11) is -4.53. The van der Waals surface area contributed by atoms with Crippen molar-refractivity contribution >= 4 is 15.7 Å². The van der Waals surface area contributed by atoms with Gasteiger partial charge < -0.3 is 5.73 Å². The van der Waals surface area contributed by atoms with Crippen LogP contribution in [0.3, 0.4) is 0 Å². The van der Waals surface area contributed by atoms with Crippen LogP contribution >= 0.6 is 0 Å². The summed E-state index contributed by atoms with van der Waals surface area (Å²) in [6.45, 7) is 1.16. The minimum Gasteiger partial charge on any atom is -0.395 e. The second-order valence-corrected chi connectivity index (χ2v) is 6.86. The Bertz CT molecular complexity index is 600. The maximum atomic E-state index is 13.3. The minimum absolute atomic E-state index is 0.267. The first kappa shape index (κ1) is 17.7. The summed E-state index contributed by atoms with van der Waals surface area (Å²) in [4.78, 5) is -0.660. The molecule has 0 spiro atoms. The molecule has 0 heterocycles. The predicted octanol–water partition coefficient (Wildman–Crippen LogP) is 2.62. The number of nitrogens with zero attached hydrogens (tertiary/aromatic N) is 1. The van der Waals surface area contributed by atoms with Gasteiger partial charge in [0.2, 0.25) is 10.0 Å². The van der Waals surface area contributed by atoms with Crippen molar-refractivity contribution in [3.8, 4) is 0 Å². The van der Waals surface area contributed by atoms with E-state index in [1.54, 1.807) is 13.8 Å². The highest BCUT2D eigenvalue weighted by Crippen LogP contribution is 2.28. The van der Waals surface area contributed by atoms with Crippen LogP contribution in [0.2, 0.25) is 0 Å². The molecule has 0 aromatic heterocycles. The Hall–Kier alpha value is -1.35. The monoisotopic (exact) mass is 328 g/mol. The first-order valence-electron chi connectivity index (χ1n) is 6.06. The van der Waals surface area contributed by atoms with Crippen LogP contribution in [0.15, 0.2) is 23.1 Å². The molecule has 0 atom stereocenters. The second-order valence-electron chi connectivity index (χ2n) is 4.96. The van der Waals surface area contributed by atoms with E-state index in [4.69, 9.17) is 5.73 Å². The van der Waals surface area contributed by atoms with E-state index in [9.17, 15) is 26.0 Å². The maximum Gasteiger partial charge on any atom is 0.402 e. The maximum absolute atomic E-state index is 13.3. The Morgan fingerprint density at radius 3 is 2.33 bits per heavy atom. The van der Waals surface area contributed by atoms with Crippen molar-refractivity contribution in [2.24, 2.45) is 5.92 Å². The van der Waals surface area contributed by atoms with Crippen LogP contribution in [0.1, 0.15) is 13.8 Å². The zero-order valence-corrected chi connectivity index (χ0v) is 12.3. The summed E-state index contributed by atoms with van der Waals surface area (Å²) < 4.78 is 75.9. The van der Waals surface area contributed by atoms with Crippen molar-refractivity contribution in [3.63, 3.8) is 0 Å². The van der Waals surface area contributed by atoms with E-state index in [2.05, 4.69) is 0 Å². The minimum atomic E-state index is -4.70. The summed E-state index contributed by atoms with van der Waals surface area (Å²) in [5.41, 5.74) is 4.65. The Morgan fingerprint density at radius 1 is 1.29 bits per heavy atom. The third-order valence-electron chi connectivity index (χ3n) is 2.56. The third kappa shape index (κ3) is 4.57. The van der Waals surface area contributed by atoms with Crippen LogP contribution in [-0.4, -0.2) is 32.0 Å². The molecule has 0 bridgehead atoms. The first-order valence-corrected chi connectivity index (χ1v) is 7.50. The van der Waals surface area contributed by atoms with Crippen molar-refractivity contribution in [3.05, 3.63) is 24.0 Å². The summed E-state index contributed by atoms with van der Waals surface area (Å²) >= 11 is 0. The van der Waals surface area contributed by atoms with Gasteiger partial charge in [0.15, 0.2) is 0 Å². The predicted molar refractivity (Wildman–Crippen MR) is 70.5 cm³/mol. The summed E-state index contributed by atoms with van der Waals surface area (Å²) in [6.07, 6.45) is -4.70. The van der Waals surface area contributed by atoms with Crippen LogP contribution in [0.5, 0.6) is 0 Å². The van der Waals surface area contributed by atoms with Gasteiger partial charge in [-0.25, -0.2) is 12.8 Å². The summed E-state index contributed by atoms with van der Waals surface area (Å²) in [5.74, 6) is -1.33. The van der Waals surface area contributed by atoms with E-state index in [1.165, 1.54) is 0 Å². The molecular formula is C12H16F4N2O2S. The molecule has 0 aliphatic heterocycles. The van der Waals surface area contributed by atoms with E-state index in [0.717, 1.165) is 18.2 Å². The number of para-hydroxylation sites is 1. The standard InChI is InChI=1S/C12H16F4N2O2S/c1-8(2)6-18(7-12(14,15)16)21(19,20)10-5-3-4-9(13)11(10)17/h3-5,8H,6-7,17H2,1-2H3. The van der Waals surface area contributed by atoms with Crippen LogP contribution in [0, 0.1) is 11.7 Å². The third-order valence-corrected chi connectivity index (χ3v) is 4.42. The molecule has 0 aliphatic carbocycles. The lowest BCUT2D eigenvalue weighted by Gasteiger charge is -2.25. The Balaban J connectivity index is 3.30. The fraction of sp³-hybridized carbons (Fsp3) is 0.500. The fourth-order valence-electron chi connectivity index (χ4n) is 1.74. The lowest BCUT2D eigenvalue weighted by atomic mass is 10.2. The van der Waals surface area contributed by atoms with Crippen LogP contribution in [0.25, 0.3) is 0 Å². The molecule has 0 aliphatic rings. The number of halogens is 4. The zero-order valence-electron chi connectivity index (χ0n) is 11.5. The number of anilines is 1. The van der Waals surface area contributed by atoms with Crippen molar-refractivity contribution in [1.82, 2.24) is 4.31 Å². The van der Waals surface area contributed by atoms with Gasteiger partial charge in [-0.1, -0.05) is 19.9 Å². The largest absolute Gasteiger partial charge is 0.402 e. The number of hydrogen-bond donors (Lipinski definition) is 1. The van der Waals surface area contributed by atoms with Gasteiger partial charge in [0.25, 0.3) is 0 Å². The molecule has 9 heteroatoms. The average Bonchev–Trinajstić information content (AvgIpc) is 2.29. The lowest BCUT2D eigenvalue weighted by molar-refractivity contribution is -0.136. The molecule has 120 valence electrons. The second kappa shape index (κ2) is 6.18. The molecule has 1 aromatic carbocycles. The molecule has 0 amide bonds.